The number of nitrogens with one attached hydrogen (secondary N) is 1. The largest absolute Gasteiger partial charge is 0.456 e. The molecule has 0 aliphatic rings. The highest BCUT2D eigenvalue weighted by Gasteiger charge is 2.26. The highest BCUT2D eigenvalue weighted by molar-refractivity contribution is 5.94. The molecule has 116 valence electrons. The number of aliphatic hydroxyl groups is 1. The average molecular weight is 304 g/mol. The molecular weight excluding hydrogens is 287 g/mol. The van der Waals surface area contributed by atoms with Crippen molar-refractivity contribution in [2.24, 2.45) is 5.41 Å². The maximum Gasteiger partial charge on any atom is 0.233 e. The van der Waals surface area contributed by atoms with Gasteiger partial charge in [-0.15, -0.1) is 0 Å². The third-order valence-electron chi connectivity index (χ3n) is 3.02. The van der Waals surface area contributed by atoms with Crippen LogP contribution in [-0.2, 0) is 4.79 Å². The molecule has 1 aromatic carbocycles. The molecule has 1 heterocycles. The molecule has 5 nitrogen and oxygen atoms in total. The zero-order valence-corrected chi connectivity index (χ0v) is 12.3. The van der Waals surface area contributed by atoms with Gasteiger partial charge in [-0.05, 0) is 38.1 Å². The topological polar surface area (TPSA) is 71.5 Å². The van der Waals surface area contributed by atoms with Gasteiger partial charge in [0.1, 0.15) is 23.1 Å². The Morgan fingerprint density at radius 1 is 1.32 bits per heavy atom. The summed E-state index contributed by atoms with van der Waals surface area (Å²) in [5.74, 6) is 0.407. The third kappa shape index (κ3) is 4.02. The minimum atomic E-state index is -0.890. The Balaban J connectivity index is 2.03. The first kappa shape index (κ1) is 15.9. The molecule has 0 spiro atoms. The summed E-state index contributed by atoms with van der Waals surface area (Å²) in [4.78, 5) is 15.9. The minimum Gasteiger partial charge on any atom is -0.456 e. The van der Waals surface area contributed by atoms with Gasteiger partial charge in [0.05, 0.1) is 18.2 Å². The monoisotopic (exact) mass is 304 g/mol. The molecule has 1 amide bonds. The van der Waals surface area contributed by atoms with Crippen LogP contribution in [-0.4, -0.2) is 22.6 Å². The molecule has 0 fully saturated rings. The number of carbonyl (C=O) groups is 1. The molecule has 0 radical (unpaired) electrons. The van der Waals surface area contributed by atoms with Gasteiger partial charge in [0.2, 0.25) is 5.91 Å². The quantitative estimate of drug-likeness (QED) is 0.891. The van der Waals surface area contributed by atoms with Crippen LogP contribution >= 0.6 is 0 Å². The number of aromatic nitrogens is 1. The van der Waals surface area contributed by atoms with Crippen molar-refractivity contribution >= 4 is 11.7 Å². The Morgan fingerprint density at radius 3 is 2.68 bits per heavy atom. The Bertz CT molecular complexity index is 657. The molecule has 2 N–H and O–H groups in total. The fraction of sp³-hybridized carbons (Fsp3) is 0.250. The zero-order chi connectivity index (χ0) is 16.2. The molecule has 0 aliphatic heterocycles. The molecule has 0 saturated heterocycles. The van der Waals surface area contributed by atoms with Crippen LogP contribution in [0.3, 0.4) is 0 Å². The number of benzene rings is 1. The number of rotatable bonds is 5. The summed E-state index contributed by atoms with van der Waals surface area (Å²) in [6, 6.07) is 8.94. The lowest BCUT2D eigenvalue weighted by molar-refractivity contribution is -0.125. The first-order chi connectivity index (χ1) is 10.4. The highest BCUT2D eigenvalue weighted by Crippen LogP contribution is 2.23. The number of anilines is 1. The number of hydrogen-bond donors (Lipinski definition) is 2. The number of carbonyl (C=O) groups excluding carboxylic acids is 1. The van der Waals surface area contributed by atoms with E-state index in [0.717, 1.165) is 0 Å². The van der Waals surface area contributed by atoms with Crippen molar-refractivity contribution in [3.8, 4) is 11.5 Å². The lowest BCUT2D eigenvalue weighted by Crippen LogP contribution is -2.34. The Kier molecular flexibility index (Phi) is 4.72. The fourth-order valence-electron chi connectivity index (χ4n) is 1.54. The van der Waals surface area contributed by atoms with Gasteiger partial charge in [-0.3, -0.25) is 4.79 Å². The van der Waals surface area contributed by atoms with E-state index in [1.807, 2.05) is 0 Å². The van der Waals surface area contributed by atoms with E-state index in [2.05, 4.69) is 10.3 Å². The van der Waals surface area contributed by atoms with Crippen LogP contribution in [0.1, 0.15) is 13.8 Å². The molecule has 1 aromatic heterocycles. The summed E-state index contributed by atoms with van der Waals surface area (Å²) in [6.07, 6.45) is 1.42. The summed E-state index contributed by atoms with van der Waals surface area (Å²) >= 11 is 0. The maximum atomic E-state index is 13.1. The van der Waals surface area contributed by atoms with Crippen LogP contribution in [0.5, 0.6) is 11.5 Å². The predicted molar refractivity (Wildman–Crippen MR) is 80.2 cm³/mol. The lowest BCUT2D eigenvalue weighted by Gasteiger charge is -2.20. The van der Waals surface area contributed by atoms with E-state index in [9.17, 15) is 9.18 Å². The number of pyridine rings is 1. The normalized spacial score (nSPS) is 11.1. The van der Waals surface area contributed by atoms with Gasteiger partial charge in [-0.25, -0.2) is 9.37 Å². The Labute approximate surface area is 127 Å². The number of hydrogen-bond acceptors (Lipinski definition) is 4. The molecule has 0 bridgehead atoms. The molecule has 2 aromatic rings. The van der Waals surface area contributed by atoms with Crippen LogP contribution in [0, 0.1) is 11.2 Å². The Morgan fingerprint density at radius 2 is 2.09 bits per heavy atom. The lowest BCUT2D eigenvalue weighted by atomic mass is 9.94. The highest BCUT2D eigenvalue weighted by atomic mass is 19.1. The number of aliphatic hydroxyl groups excluding tert-OH is 1. The number of ether oxygens (including phenoxy) is 1. The summed E-state index contributed by atoms with van der Waals surface area (Å²) in [5, 5.41) is 11.7. The van der Waals surface area contributed by atoms with Gasteiger partial charge < -0.3 is 15.2 Å². The van der Waals surface area contributed by atoms with Crippen molar-refractivity contribution in [1.29, 1.82) is 0 Å². The van der Waals surface area contributed by atoms with Crippen LogP contribution in [0.25, 0.3) is 0 Å². The van der Waals surface area contributed by atoms with Gasteiger partial charge in [-0.2, -0.15) is 0 Å². The smallest absolute Gasteiger partial charge is 0.233 e. The Hall–Kier alpha value is -2.47. The van der Waals surface area contributed by atoms with Crippen molar-refractivity contribution in [1.82, 2.24) is 4.98 Å². The van der Waals surface area contributed by atoms with Crippen molar-refractivity contribution in [2.75, 3.05) is 11.9 Å². The van der Waals surface area contributed by atoms with Crippen molar-refractivity contribution in [3.05, 3.63) is 48.4 Å². The average Bonchev–Trinajstić information content (AvgIpc) is 2.49. The minimum absolute atomic E-state index is 0.264. The van der Waals surface area contributed by atoms with Crippen molar-refractivity contribution < 1.29 is 19.0 Å². The van der Waals surface area contributed by atoms with E-state index in [-0.39, 0.29) is 18.3 Å². The van der Waals surface area contributed by atoms with Crippen LogP contribution < -0.4 is 10.1 Å². The van der Waals surface area contributed by atoms with Gasteiger partial charge in [0.25, 0.3) is 0 Å². The maximum absolute atomic E-state index is 13.1. The molecule has 0 saturated carbocycles. The van der Waals surface area contributed by atoms with Crippen molar-refractivity contribution in [2.45, 2.75) is 13.8 Å². The van der Waals surface area contributed by atoms with Crippen LogP contribution in [0.15, 0.2) is 42.6 Å². The molecule has 0 unspecified atom stereocenters. The van der Waals surface area contributed by atoms with E-state index >= 15 is 0 Å². The summed E-state index contributed by atoms with van der Waals surface area (Å²) < 4.78 is 18.5. The van der Waals surface area contributed by atoms with E-state index in [0.29, 0.717) is 17.3 Å². The fourth-order valence-corrected chi connectivity index (χ4v) is 1.54. The van der Waals surface area contributed by atoms with Gasteiger partial charge >= 0.3 is 0 Å². The van der Waals surface area contributed by atoms with E-state index < -0.39 is 5.41 Å². The summed E-state index contributed by atoms with van der Waals surface area (Å²) in [7, 11) is 0. The molecule has 0 atom stereocenters. The SMILES string of the molecule is CC(C)(CO)C(=O)Nc1ccc(Oc2cccc(F)c2)cn1. The first-order valence-corrected chi connectivity index (χ1v) is 6.72. The van der Waals surface area contributed by atoms with Gasteiger partial charge in [0.15, 0.2) is 0 Å². The number of nitrogens with zero attached hydrogens (tertiary/aromatic N) is 1. The second kappa shape index (κ2) is 6.53. The third-order valence-corrected chi connectivity index (χ3v) is 3.02. The number of halogens is 1. The first-order valence-electron chi connectivity index (χ1n) is 6.72. The van der Waals surface area contributed by atoms with Crippen LogP contribution in [0.2, 0.25) is 0 Å². The van der Waals surface area contributed by atoms with E-state index in [4.69, 9.17) is 9.84 Å². The summed E-state index contributed by atoms with van der Waals surface area (Å²) in [5.41, 5.74) is -0.890. The molecule has 22 heavy (non-hydrogen) atoms. The van der Waals surface area contributed by atoms with Gasteiger partial charge in [-0.1, -0.05) is 6.07 Å². The predicted octanol–water partition coefficient (Wildman–Crippen LogP) is 2.97. The second-order valence-electron chi connectivity index (χ2n) is 5.43. The molecule has 0 aliphatic carbocycles. The van der Waals surface area contributed by atoms with Crippen LogP contribution in [0.4, 0.5) is 10.2 Å². The standard InChI is InChI=1S/C16H17FN2O3/c1-16(2,10-20)15(21)19-14-7-6-13(9-18-14)22-12-5-3-4-11(17)8-12/h3-9,20H,10H2,1-2H3,(H,18,19,21). The van der Waals surface area contributed by atoms with E-state index in [1.54, 1.807) is 38.1 Å². The zero-order valence-electron chi connectivity index (χ0n) is 12.3. The summed E-state index contributed by atoms with van der Waals surface area (Å²) in [6.45, 7) is 2.99. The van der Waals surface area contributed by atoms with Gasteiger partial charge in [0, 0.05) is 6.07 Å². The van der Waals surface area contributed by atoms with Crippen molar-refractivity contribution in [3.63, 3.8) is 0 Å². The molecular formula is C16H17FN2O3. The second-order valence-corrected chi connectivity index (χ2v) is 5.43. The number of amides is 1. The molecule has 6 heteroatoms. The van der Waals surface area contributed by atoms with E-state index in [1.165, 1.54) is 18.3 Å². The molecule has 2 rings (SSSR count).